The summed E-state index contributed by atoms with van der Waals surface area (Å²) in [6, 6.07) is 92.6. The van der Waals surface area contributed by atoms with Gasteiger partial charge in [-0.1, -0.05) is 377 Å². The van der Waals surface area contributed by atoms with Gasteiger partial charge < -0.3 is 29.2 Å². The minimum Gasteiger partial charge on any atom is -0.376 e. The van der Waals surface area contributed by atoms with Crippen LogP contribution >= 0.6 is 0 Å². The van der Waals surface area contributed by atoms with Crippen molar-refractivity contribution < 1.29 is 19.7 Å². The fourth-order valence-electron chi connectivity index (χ4n) is 28.2. The zero-order valence-electron chi connectivity index (χ0n) is 81.5. The van der Waals surface area contributed by atoms with Crippen LogP contribution in [0.4, 0.5) is 17.1 Å². The molecule has 7 saturated carbocycles. The van der Waals surface area contributed by atoms with Crippen LogP contribution in [0.15, 0.2) is 248 Å². The third-order valence-electron chi connectivity index (χ3n) is 35.3. The molecule has 1 saturated heterocycles. The molecule has 696 valence electrons. The highest BCUT2D eigenvalue weighted by Crippen LogP contribution is 2.91. The summed E-state index contributed by atoms with van der Waals surface area (Å²) < 4.78 is 15.5. The van der Waals surface area contributed by atoms with Crippen LogP contribution in [0.25, 0.3) is 60.8 Å². The number of para-hydroxylation sites is 2. The molecule has 0 spiro atoms. The van der Waals surface area contributed by atoms with E-state index in [1.54, 1.807) is 5.57 Å². The summed E-state index contributed by atoms with van der Waals surface area (Å²) in [6.45, 7) is 13.6. The minimum atomic E-state index is -1.74. The van der Waals surface area contributed by atoms with Crippen molar-refractivity contribution in [2.24, 2.45) is 71.0 Å². The van der Waals surface area contributed by atoms with Gasteiger partial charge in [-0.05, 0) is 309 Å². The number of nitrogens with zero attached hydrogens (tertiary/aromatic N) is 2. The van der Waals surface area contributed by atoms with E-state index < -0.39 is 17.5 Å². The van der Waals surface area contributed by atoms with Gasteiger partial charge in [-0.25, -0.2) is 0 Å². The molecular formula is C128H150N2O4. The molecule has 1 aromatic heterocycles. The highest BCUT2D eigenvalue weighted by molar-refractivity contribution is 6.11. The summed E-state index contributed by atoms with van der Waals surface area (Å²) >= 11 is 0. The molecule has 9 aliphatic rings. The summed E-state index contributed by atoms with van der Waals surface area (Å²) in [7, 11) is 0. The van der Waals surface area contributed by atoms with Crippen LogP contribution < -0.4 is 4.90 Å². The van der Waals surface area contributed by atoms with Crippen LogP contribution in [0.5, 0.6) is 0 Å². The molecule has 12 atom stereocenters. The van der Waals surface area contributed by atoms with Crippen LogP contribution in [-0.4, -0.2) is 28.0 Å². The minimum absolute atomic E-state index is 0.400. The second-order valence-corrected chi connectivity index (χ2v) is 43.0. The fourth-order valence-corrected chi connectivity index (χ4v) is 28.2. The van der Waals surface area contributed by atoms with Gasteiger partial charge in [0.2, 0.25) is 0 Å². The van der Waals surface area contributed by atoms with E-state index in [9.17, 15) is 0 Å². The van der Waals surface area contributed by atoms with Crippen molar-refractivity contribution in [3.05, 3.63) is 321 Å². The quantitative estimate of drug-likeness (QED) is 0.0226. The SMILES string of the molecule is CCCCCCCCc1ccc(C(O)(c2ccc(CCCCCCCC)cc2)c2cc(-c3ccc4c5ccc(N(c6ccccc6)c6ccccc6)cc5n(CCCCCCCC)c4c3)c(C(O)(c3ccc(CCCCCCCC)cc3)c3ccc(CCCCCCCC)cc3)cc2-c2ccc3c(c2)/C(=C2/CC4C2C2C4C4C5C6C7CCC7C6C5C24)c2cc(C4OCCO4)ccc2-3)cc1. The first kappa shape index (κ1) is 91.0. The molecule has 11 aromatic carbocycles. The smallest absolute Gasteiger partial charge is 0.184 e. The predicted molar refractivity (Wildman–Crippen MR) is 558 cm³/mol. The maximum atomic E-state index is 15.9. The molecule has 6 heteroatoms. The summed E-state index contributed by atoms with van der Waals surface area (Å²) in [4.78, 5) is 2.41. The van der Waals surface area contributed by atoms with Crippen molar-refractivity contribution in [1.82, 2.24) is 4.57 Å². The van der Waals surface area contributed by atoms with E-state index in [2.05, 4.69) is 287 Å². The molecule has 21 rings (SSSR count). The Kier molecular flexibility index (Phi) is 27.7. The summed E-state index contributed by atoms with van der Waals surface area (Å²) in [5.74, 6) is 11.2. The maximum absolute atomic E-state index is 15.9. The van der Waals surface area contributed by atoms with E-state index in [1.807, 2.05) is 0 Å². The Bertz CT molecular complexity index is 5890. The van der Waals surface area contributed by atoms with Gasteiger partial charge in [0.15, 0.2) is 6.29 Å². The average molecular weight is 1780 g/mol. The van der Waals surface area contributed by atoms with Gasteiger partial charge in [-0.3, -0.25) is 0 Å². The average Bonchev–Trinajstić information content (AvgIpc) is 0.668. The van der Waals surface area contributed by atoms with Crippen LogP contribution in [0.1, 0.15) is 325 Å². The predicted octanol–water partition coefficient (Wildman–Crippen LogP) is 33.6. The van der Waals surface area contributed by atoms with Crippen molar-refractivity contribution >= 4 is 44.4 Å². The van der Waals surface area contributed by atoms with Crippen molar-refractivity contribution in [2.75, 3.05) is 18.1 Å². The van der Waals surface area contributed by atoms with Gasteiger partial charge >= 0.3 is 0 Å². The van der Waals surface area contributed by atoms with Gasteiger partial charge in [0, 0.05) is 56.6 Å². The Morgan fingerprint density at radius 3 is 1.13 bits per heavy atom. The number of anilines is 3. The molecule has 0 bridgehead atoms. The van der Waals surface area contributed by atoms with E-state index in [0.29, 0.717) is 19.1 Å². The standard InChI is InChI=1S/C128H150N2O4/c1-6-11-16-21-26-33-42-86-50-61-93(62-51-86)127(131,94-63-52-87(53-64-94)43-34-27-22-17-12-7-2)112-85-107(91-59-72-102-103-73-69-99(130(97-46-37-31-38-47-97)98-48-39-32-40-49-98)82-115(103)129(114(102)81-91)76-41-30-25-20-15-10-5)113(128(132,95-65-54-88(55-66-95)44-35-28-23-18-13-8-3)96-67-56-89(57-68-96)45-36-29-24-19-14-9-4)84-106(112)90-58-70-100-101-71-60-92(126-133-77-78-134-126)80-109(101)116(108(100)79-90)110-83-111-117(110)121-120(111)124-122-118-104-74-75-105(104)119(118)123(122)125(121)124/h31-32,37-40,46-73,79-82,84-85,104-105,111,117-126,131-132H,6-30,33-36,41-45,74-78,83H2,1-5H3/b116-110+. The van der Waals surface area contributed by atoms with E-state index in [0.717, 1.165) is 220 Å². The monoisotopic (exact) mass is 1780 g/mol. The van der Waals surface area contributed by atoms with E-state index in [1.165, 1.54) is 240 Å². The molecule has 0 radical (unpaired) electrons. The van der Waals surface area contributed by atoms with Crippen molar-refractivity contribution in [3.63, 3.8) is 0 Å². The summed E-state index contributed by atoms with van der Waals surface area (Å²) in [6.07, 6.45) is 44.4. The van der Waals surface area contributed by atoms with Crippen LogP contribution in [0, 0.1) is 71.0 Å². The highest BCUT2D eigenvalue weighted by Gasteiger charge is 2.87. The normalized spacial score (nSPS) is 22.6. The number of aromatic nitrogens is 1. The zero-order chi connectivity index (χ0) is 90.8. The molecular weight excluding hydrogens is 1630 g/mol. The molecule has 1 aliphatic heterocycles. The van der Waals surface area contributed by atoms with E-state index >= 15 is 10.2 Å². The van der Waals surface area contributed by atoms with E-state index in [-0.39, 0.29) is 0 Å². The fraction of sp³-hybridized carbons (Fsp3) is 0.469. The Hall–Kier alpha value is -9.40. The molecule has 8 fully saturated rings. The molecule has 12 unspecified atom stereocenters. The highest BCUT2D eigenvalue weighted by atomic mass is 16.7. The first-order valence-electron chi connectivity index (χ1n) is 54.3. The number of ether oxygens (including phenoxy) is 2. The summed E-state index contributed by atoms with van der Waals surface area (Å²) in [5.41, 5.74) is 25.5. The van der Waals surface area contributed by atoms with Crippen molar-refractivity contribution in [2.45, 2.75) is 296 Å². The lowest BCUT2D eigenvalue weighted by atomic mass is 9.13. The lowest BCUT2D eigenvalue weighted by Gasteiger charge is -2.91. The van der Waals surface area contributed by atoms with Gasteiger partial charge in [-0.2, -0.15) is 0 Å². The van der Waals surface area contributed by atoms with Gasteiger partial charge in [0.25, 0.3) is 0 Å². The number of fused-ring (bicyclic) bond motifs is 22. The zero-order valence-corrected chi connectivity index (χ0v) is 81.5. The van der Waals surface area contributed by atoms with Crippen LogP contribution in [-0.2, 0) is 52.9 Å². The maximum Gasteiger partial charge on any atom is 0.184 e. The number of rotatable bonds is 47. The first-order valence-corrected chi connectivity index (χ1v) is 54.3. The molecule has 2 N–H and O–H groups in total. The van der Waals surface area contributed by atoms with Crippen molar-refractivity contribution in [3.8, 4) is 33.4 Å². The number of hydrogen-bond acceptors (Lipinski definition) is 5. The molecule has 134 heavy (non-hydrogen) atoms. The third kappa shape index (κ3) is 17.0. The Morgan fingerprint density at radius 2 is 0.687 bits per heavy atom. The number of hydrogen-bond donors (Lipinski definition) is 2. The van der Waals surface area contributed by atoms with Gasteiger partial charge in [0.05, 0.1) is 18.7 Å². The first-order chi connectivity index (χ1) is 66.1. The molecule has 6 nitrogen and oxygen atoms in total. The van der Waals surface area contributed by atoms with Gasteiger partial charge in [0.1, 0.15) is 11.2 Å². The summed E-state index contributed by atoms with van der Waals surface area (Å²) in [5, 5.41) is 34.3. The second kappa shape index (κ2) is 40.7. The number of allylic oxidation sites excluding steroid dienone is 1. The molecule has 0 amide bonds. The third-order valence-corrected chi connectivity index (χ3v) is 35.3. The van der Waals surface area contributed by atoms with Crippen LogP contribution in [0.3, 0.4) is 0 Å². The number of benzene rings is 11. The molecule has 12 aromatic rings. The Morgan fingerprint density at radius 1 is 0.313 bits per heavy atom. The van der Waals surface area contributed by atoms with Crippen LogP contribution in [0.2, 0.25) is 0 Å². The Labute approximate surface area is 802 Å². The lowest BCUT2D eigenvalue weighted by Crippen LogP contribution is -2.87. The second-order valence-electron chi connectivity index (χ2n) is 43.0. The lowest BCUT2D eigenvalue weighted by molar-refractivity contribution is -0.434. The number of unbranched alkanes of at least 4 members (excludes halogenated alkanes) is 25. The van der Waals surface area contributed by atoms with Crippen molar-refractivity contribution in [1.29, 1.82) is 0 Å². The number of aryl methyl sites for hydroxylation is 5. The molecule has 2 heterocycles. The largest absolute Gasteiger partial charge is 0.376 e. The topological polar surface area (TPSA) is 67.1 Å². The Balaban J connectivity index is 0.800. The van der Waals surface area contributed by atoms with Gasteiger partial charge in [-0.15, -0.1) is 0 Å². The molecule has 8 aliphatic carbocycles. The van der Waals surface area contributed by atoms with E-state index in [4.69, 9.17) is 9.47 Å². The number of aliphatic hydroxyl groups is 2.